The average Bonchev–Trinajstić information content (AvgIpc) is 3.45. The van der Waals surface area contributed by atoms with Crippen molar-refractivity contribution >= 4 is 11.9 Å². The number of aliphatic hydroxyl groups excluding tert-OH is 2. The second-order valence-electron chi connectivity index (χ2n) is 8.52. The first-order valence-corrected chi connectivity index (χ1v) is 10.9. The van der Waals surface area contributed by atoms with Gasteiger partial charge < -0.3 is 25.3 Å². The molecule has 10 nitrogen and oxygen atoms in total. The lowest BCUT2D eigenvalue weighted by Gasteiger charge is -2.20. The summed E-state index contributed by atoms with van der Waals surface area (Å²) in [4.78, 5) is 34.0. The highest BCUT2D eigenvalue weighted by Crippen LogP contribution is 2.48. The van der Waals surface area contributed by atoms with Gasteiger partial charge in [0.2, 0.25) is 0 Å². The molecule has 1 aromatic heterocycles. The van der Waals surface area contributed by atoms with Crippen molar-refractivity contribution in [3.8, 4) is 5.69 Å². The molecule has 2 heterocycles. The van der Waals surface area contributed by atoms with Crippen LogP contribution in [-0.2, 0) is 9.59 Å². The molecule has 1 aliphatic heterocycles. The number of nitrogens with zero attached hydrogens (tertiary/aromatic N) is 3. The molecule has 5 atom stereocenters. The number of benzene rings is 1. The van der Waals surface area contributed by atoms with Gasteiger partial charge in [0.15, 0.2) is 12.2 Å². The van der Waals surface area contributed by atoms with E-state index in [2.05, 4.69) is 29.1 Å². The minimum atomic E-state index is -2.27. The fourth-order valence-electron chi connectivity index (χ4n) is 4.11. The molecule has 2 aliphatic rings. The fraction of sp³-hybridized carbons (Fsp3) is 0.478. The van der Waals surface area contributed by atoms with Crippen molar-refractivity contribution in [3.63, 3.8) is 0 Å². The molecule has 0 unspecified atom stereocenters. The molecule has 4 rings (SSSR count). The lowest BCUT2D eigenvalue weighted by molar-refractivity contribution is -0.165. The normalized spacial score (nSPS) is 23.8. The Hall–Kier alpha value is -3.08. The van der Waals surface area contributed by atoms with E-state index in [0.29, 0.717) is 5.92 Å². The van der Waals surface area contributed by atoms with E-state index in [-0.39, 0.29) is 5.56 Å². The van der Waals surface area contributed by atoms with E-state index in [1.54, 1.807) is 12.3 Å². The standard InChI is InChI=1S/C19H23N3O.C4H6O6/c1-14-4-3-11-21(14)13-16-12-18(16)15-6-8-17(9-7-15)22-19(23)5-2-10-20-22;5-1(3(7)8)2(6)4(9)10/h2,5-10,14,16,18H,3-4,11-13H2,1H3;1-2,5-6H,(H,7,8)(H,9,10)/t14-,16+,18+;1-,2-/m01/s1. The Morgan fingerprint density at radius 2 is 1.73 bits per heavy atom. The molecule has 33 heavy (non-hydrogen) atoms. The van der Waals surface area contributed by atoms with Gasteiger partial charge in [0.25, 0.3) is 5.56 Å². The lowest BCUT2D eigenvalue weighted by Crippen LogP contribution is -2.39. The molecule has 4 N–H and O–H groups in total. The number of hydrogen-bond donors (Lipinski definition) is 4. The topological polar surface area (TPSA) is 153 Å². The highest BCUT2D eigenvalue weighted by molar-refractivity contribution is 5.83. The first kappa shape index (κ1) is 24.6. The maximum Gasteiger partial charge on any atom is 0.335 e. The maximum atomic E-state index is 11.8. The molecule has 0 amide bonds. The van der Waals surface area contributed by atoms with Crippen molar-refractivity contribution in [1.29, 1.82) is 0 Å². The average molecular weight is 459 g/mol. The van der Waals surface area contributed by atoms with Gasteiger partial charge in [-0.3, -0.25) is 4.79 Å². The quantitative estimate of drug-likeness (QED) is 0.468. The van der Waals surface area contributed by atoms with E-state index in [1.807, 2.05) is 12.1 Å². The summed E-state index contributed by atoms with van der Waals surface area (Å²) < 4.78 is 1.44. The molecule has 1 aromatic carbocycles. The van der Waals surface area contributed by atoms with Gasteiger partial charge in [-0.1, -0.05) is 12.1 Å². The van der Waals surface area contributed by atoms with Crippen molar-refractivity contribution in [2.24, 2.45) is 5.92 Å². The van der Waals surface area contributed by atoms with Crippen molar-refractivity contribution < 1.29 is 30.0 Å². The zero-order chi connectivity index (χ0) is 24.1. The summed E-state index contributed by atoms with van der Waals surface area (Å²) in [6.45, 7) is 4.86. The Labute approximate surface area is 190 Å². The summed E-state index contributed by atoms with van der Waals surface area (Å²) in [7, 11) is 0. The molecule has 0 bridgehead atoms. The molecular weight excluding hydrogens is 430 g/mol. The third kappa shape index (κ3) is 6.25. The van der Waals surface area contributed by atoms with Gasteiger partial charge in [0.1, 0.15) is 0 Å². The van der Waals surface area contributed by atoms with Gasteiger partial charge >= 0.3 is 11.9 Å². The van der Waals surface area contributed by atoms with Gasteiger partial charge in [0, 0.05) is 24.8 Å². The van der Waals surface area contributed by atoms with Gasteiger partial charge in [-0.25, -0.2) is 9.59 Å². The number of aromatic nitrogens is 2. The van der Waals surface area contributed by atoms with Gasteiger partial charge in [0.05, 0.1) is 5.69 Å². The molecule has 1 aliphatic carbocycles. The SMILES string of the molecule is C[C@H]1CCCN1C[C@H]1C[C@@H]1c1ccc(-n2ncccc2=O)cc1.O=C(O)[C@H](O)[C@@H](O)C(=O)O. The molecule has 0 radical (unpaired) electrons. The molecule has 1 saturated carbocycles. The highest BCUT2D eigenvalue weighted by Gasteiger charge is 2.40. The predicted octanol–water partition coefficient (Wildman–Crippen LogP) is 0.698. The van der Waals surface area contributed by atoms with E-state index >= 15 is 0 Å². The maximum absolute atomic E-state index is 11.8. The number of aliphatic hydroxyl groups is 2. The minimum Gasteiger partial charge on any atom is -0.479 e. The summed E-state index contributed by atoms with van der Waals surface area (Å²) in [5.41, 5.74) is 2.15. The van der Waals surface area contributed by atoms with E-state index in [0.717, 1.165) is 17.6 Å². The van der Waals surface area contributed by atoms with Crippen molar-refractivity contribution in [2.45, 2.75) is 50.4 Å². The number of carboxylic acids is 2. The Balaban J connectivity index is 0.000000262. The first-order valence-electron chi connectivity index (χ1n) is 10.9. The van der Waals surface area contributed by atoms with Crippen LogP contribution in [0.2, 0.25) is 0 Å². The number of likely N-dealkylation sites (tertiary alicyclic amines) is 1. The molecule has 10 heteroatoms. The Morgan fingerprint density at radius 3 is 2.24 bits per heavy atom. The monoisotopic (exact) mass is 459 g/mol. The Morgan fingerprint density at radius 1 is 1.09 bits per heavy atom. The smallest absolute Gasteiger partial charge is 0.335 e. The fourth-order valence-corrected chi connectivity index (χ4v) is 4.11. The van der Waals surface area contributed by atoms with Crippen LogP contribution < -0.4 is 5.56 Å². The van der Waals surface area contributed by atoms with Crippen LogP contribution in [0.15, 0.2) is 47.4 Å². The Bertz CT molecular complexity index is 1010. The van der Waals surface area contributed by atoms with Crippen LogP contribution in [-0.4, -0.2) is 78.4 Å². The second kappa shape index (κ2) is 10.7. The third-order valence-corrected chi connectivity index (χ3v) is 6.17. The summed E-state index contributed by atoms with van der Waals surface area (Å²) in [6, 6.07) is 12.3. The van der Waals surface area contributed by atoms with E-state index in [1.165, 1.54) is 48.7 Å². The molecule has 2 aromatic rings. The number of carbonyl (C=O) groups is 2. The van der Waals surface area contributed by atoms with Gasteiger partial charge in [-0.2, -0.15) is 9.78 Å². The first-order chi connectivity index (χ1) is 15.7. The van der Waals surface area contributed by atoms with Crippen LogP contribution in [0.4, 0.5) is 0 Å². The van der Waals surface area contributed by atoms with E-state index < -0.39 is 24.1 Å². The van der Waals surface area contributed by atoms with Crippen LogP contribution in [0.1, 0.15) is 37.7 Å². The molecular formula is C23H29N3O7. The Kier molecular flexibility index (Phi) is 7.96. The van der Waals surface area contributed by atoms with Crippen LogP contribution in [0, 0.1) is 5.92 Å². The summed E-state index contributed by atoms with van der Waals surface area (Å²) in [5.74, 6) is -2.04. The van der Waals surface area contributed by atoms with E-state index in [4.69, 9.17) is 20.4 Å². The highest BCUT2D eigenvalue weighted by atomic mass is 16.4. The molecule has 1 saturated heterocycles. The van der Waals surface area contributed by atoms with Crippen molar-refractivity contribution in [3.05, 3.63) is 58.5 Å². The number of hydrogen-bond acceptors (Lipinski definition) is 7. The van der Waals surface area contributed by atoms with Crippen molar-refractivity contribution in [2.75, 3.05) is 13.1 Å². The van der Waals surface area contributed by atoms with Crippen LogP contribution >= 0.6 is 0 Å². The lowest BCUT2D eigenvalue weighted by atomic mass is 10.1. The van der Waals surface area contributed by atoms with Crippen LogP contribution in [0.25, 0.3) is 5.69 Å². The summed E-state index contributed by atoms with van der Waals surface area (Å²) >= 11 is 0. The zero-order valence-electron chi connectivity index (χ0n) is 18.3. The molecule has 2 fully saturated rings. The molecule has 178 valence electrons. The summed E-state index contributed by atoms with van der Waals surface area (Å²) in [5, 5.41) is 36.7. The molecule has 0 spiro atoms. The van der Waals surface area contributed by atoms with E-state index in [9.17, 15) is 14.4 Å². The van der Waals surface area contributed by atoms with Gasteiger partial charge in [-0.05, 0) is 68.3 Å². The third-order valence-electron chi connectivity index (χ3n) is 6.17. The minimum absolute atomic E-state index is 0.0902. The predicted molar refractivity (Wildman–Crippen MR) is 118 cm³/mol. The van der Waals surface area contributed by atoms with Gasteiger partial charge in [-0.15, -0.1) is 0 Å². The van der Waals surface area contributed by atoms with Crippen LogP contribution in [0.5, 0.6) is 0 Å². The summed E-state index contributed by atoms with van der Waals surface area (Å²) in [6.07, 6.45) is 1.11. The van der Waals surface area contributed by atoms with Crippen LogP contribution in [0.3, 0.4) is 0 Å². The number of aliphatic carboxylic acids is 2. The van der Waals surface area contributed by atoms with Crippen molar-refractivity contribution in [1.82, 2.24) is 14.7 Å². The number of carboxylic acid groups (broad SMARTS) is 2. The zero-order valence-corrected chi connectivity index (χ0v) is 18.3. The largest absolute Gasteiger partial charge is 0.479 e. The number of rotatable bonds is 7. The second-order valence-corrected chi connectivity index (χ2v) is 8.52.